The standard InChI is InChI=1S/C24H20N4O6S2/c29-12-18(30)25-10-15-13-35-23-21(15)36(33,34)27-22(26-23)19-20(31)16-8-4-5-9-17(16)28(24(19)32)11-14-6-2-1-3-7-14/h1-9,13,29,31H,10-12H2,(H,25,30)(H,26,27). The number of nitrogens with one attached hydrogen (secondary N) is 2. The van der Waals surface area contributed by atoms with Gasteiger partial charge in [0.05, 0.1) is 12.1 Å². The Bertz CT molecular complexity index is 1690. The van der Waals surface area contributed by atoms with Crippen LogP contribution in [0.2, 0.25) is 0 Å². The number of hydrogen-bond acceptors (Lipinski definition) is 8. The fourth-order valence-electron chi connectivity index (χ4n) is 4.05. The number of aromatic nitrogens is 1. The maximum atomic E-state index is 13.7. The minimum absolute atomic E-state index is 0.123. The van der Waals surface area contributed by atoms with Crippen LogP contribution in [0.3, 0.4) is 0 Å². The second-order valence-electron chi connectivity index (χ2n) is 8.01. The van der Waals surface area contributed by atoms with E-state index in [1.807, 2.05) is 30.3 Å². The molecule has 0 fully saturated rings. The highest BCUT2D eigenvalue weighted by atomic mass is 32.2. The van der Waals surface area contributed by atoms with Crippen LogP contribution >= 0.6 is 11.3 Å². The zero-order valence-electron chi connectivity index (χ0n) is 18.6. The quantitative estimate of drug-likeness (QED) is 0.301. The van der Waals surface area contributed by atoms with Crippen LogP contribution in [0.5, 0.6) is 5.75 Å². The van der Waals surface area contributed by atoms with Crippen molar-refractivity contribution in [2.75, 3.05) is 11.9 Å². The van der Waals surface area contributed by atoms with Gasteiger partial charge in [0.15, 0.2) is 5.84 Å². The number of carbonyl (C=O) groups is 1. The summed E-state index contributed by atoms with van der Waals surface area (Å²) in [7, 11) is -4.28. The van der Waals surface area contributed by atoms with Crippen LogP contribution in [0, 0.1) is 0 Å². The van der Waals surface area contributed by atoms with Crippen molar-refractivity contribution in [2.24, 2.45) is 4.40 Å². The molecule has 36 heavy (non-hydrogen) atoms. The Morgan fingerprint density at radius 1 is 1.11 bits per heavy atom. The number of hydrogen-bond donors (Lipinski definition) is 4. The summed E-state index contributed by atoms with van der Waals surface area (Å²) in [6.45, 7) is -0.648. The Kier molecular flexibility index (Phi) is 6.08. The Hall–Kier alpha value is -4.00. The summed E-state index contributed by atoms with van der Waals surface area (Å²) >= 11 is 1.06. The third-order valence-electron chi connectivity index (χ3n) is 5.70. The van der Waals surface area contributed by atoms with Crippen molar-refractivity contribution in [3.8, 4) is 5.75 Å². The Balaban J connectivity index is 1.64. The molecular formula is C24H20N4O6S2. The van der Waals surface area contributed by atoms with Crippen molar-refractivity contribution in [3.05, 3.63) is 87.0 Å². The molecule has 0 aliphatic carbocycles. The van der Waals surface area contributed by atoms with Crippen LogP contribution in [0.1, 0.15) is 16.7 Å². The van der Waals surface area contributed by atoms with Crippen LogP contribution in [-0.2, 0) is 27.9 Å². The van der Waals surface area contributed by atoms with E-state index >= 15 is 0 Å². The lowest BCUT2D eigenvalue weighted by molar-refractivity contribution is -0.123. The molecule has 1 aliphatic heterocycles. The van der Waals surface area contributed by atoms with Crippen LogP contribution in [0.4, 0.5) is 5.00 Å². The lowest BCUT2D eigenvalue weighted by Gasteiger charge is -2.19. The van der Waals surface area contributed by atoms with Crippen molar-refractivity contribution in [3.63, 3.8) is 0 Å². The number of rotatable bonds is 6. The molecule has 0 saturated carbocycles. The van der Waals surface area contributed by atoms with Gasteiger partial charge in [0.1, 0.15) is 27.8 Å². The van der Waals surface area contributed by atoms with Gasteiger partial charge in [0, 0.05) is 17.5 Å². The van der Waals surface area contributed by atoms with Gasteiger partial charge in [-0.15, -0.1) is 15.7 Å². The van der Waals surface area contributed by atoms with Gasteiger partial charge in [-0.3, -0.25) is 9.59 Å². The Morgan fingerprint density at radius 2 is 1.83 bits per heavy atom. The molecule has 0 spiro atoms. The minimum atomic E-state index is -4.28. The largest absolute Gasteiger partial charge is 0.506 e. The number of aromatic hydroxyl groups is 1. The molecule has 4 N–H and O–H groups in total. The number of anilines is 1. The number of para-hydroxylation sites is 1. The van der Waals surface area contributed by atoms with Crippen molar-refractivity contribution in [1.82, 2.24) is 9.88 Å². The fraction of sp³-hybridized carbons (Fsp3) is 0.125. The van der Waals surface area contributed by atoms with Gasteiger partial charge < -0.3 is 25.4 Å². The summed E-state index contributed by atoms with van der Waals surface area (Å²) < 4.78 is 31.6. The average Bonchev–Trinajstić information content (AvgIpc) is 3.29. The molecule has 5 rings (SSSR count). The Labute approximate surface area is 209 Å². The second kappa shape index (κ2) is 9.22. The first-order valence-electron chi connectivity index (χ1n) is 10.8. The molecule has 0 atom stereocenters. The molecule has 3 heterocycles. The maximum absolute atomic E-state index is 13.7. The zero-order chi connectivity index (χ0) is 25.4. The molecule has 4 aromatic rings. The lowest BCUT2D eigenvalue weighted by Crippen LogP contribution is -2.33. The van der Waals surface area contributed by atoms with Gasteiger partial charge >= 0.3 is 0 Å². The maximum Gasteiger partial charge on any atom is 0.287 e. The number of nitrogens with zero attached hydrogens (tertiary/aromatic N) is 2. The predicted octanol–water partition coefficient (Wildman–Crippen LogP) is 1.99. The normalized spacial score (nSPS) is 14.1. The smallest absolute Gasteiger partial charge is 0.287 e. The molecule has 0 bridgehead atoms. The van der Waals surface area contributed by atoms with E-state index in [-0.39, 0.29) is 45.7 Å². The SMILES string of the molecule is O=C(CO)NCc1csc2c1S(=O)(=O)N=C(c1c(O)c3ccccc3n(Cc3ccccc3)c1=O)N2. The fourth-order valence-corrected chi connectivity index (χ4v) is 6.66. The highest BCUT2D eigenvalue weighted by molar-refractivity contribution is 7.90. The van der Waals surface area contributed by atoms with E-state index in [1.54, 1.807) is 29.6 Å². The lowest BCUT2D eigenvalue weighted by atomic mass is 10.1. The molecule has 1 aliphatic rings. The van der Waals surface area contributed by atoms with Crippen LogP contribution in [-0.4, -0.2) is 41.5 Å². The van der Waals surface area contributed by atoms with Crippen LogP contribution in [0.15, 0.2) is 74.1 Å². The van der Waals surface area contributed by atoms with E-state index < -0.39 is 28.1 Å². The number of amides is 1. The third kappa shape index (κ3) is 4.15. The zero-order valence-corrected chi connectivity index (χ0v) is 20.3. The number of benzene rings is 2. The number of pyridine rings is 1. The molecule has 12 heteroatoms. The van der Waals surface area contributed by atoms with Gasteiger partial charge in [-0.1, -0.05) is 42.5 Å². The van der Waals surface area contributed by atoms with E-state index in [9.17, 15) is 23.1 Å². The number of aliphatic hydroxyl groups is 1. The minimum Gasteiger partial charge on any atom is -0.506 e. The number of amidine groups is 1. The first-order chi connectivity index (χ1) is 17.3. The first kappa shape index (κ1) is 23.7. The summed E-state index contributed by atoms with van der Waals surface area (Å²) in [5.74, 6) is -1.32. The summed E-state index contributed by atoms with van der Waals surface area (Å²) in [4.78, 5) is 24.9. The van der Waals surface area contributed by atoms with E-state index in [0.717, 1.165) is 16.9 Å². The predicted molar refractivity (Wildman–Crippen MR) is 136 cm³/mol. The van der Waals surface area contributed by atoms with Gasteiger partial charge in [-0.2, -0.15) is 8.42 Å². The molecular weight excluding hydrogens is 504 g/mol. The molecule has 0 radical (unpaired) electrons. The molecule has 10 nitrogen and oxygen atoms in total. The number of sulfonamides is 1. The number of thiophene rings is 1. The molecule has 0 saturated heterocycles. The van der Waals surface area contributed by atoms with Gasteiger partial charge in [-0.05, 0) is 23.1 Å². The van der Waals surface area contributed by atoms with Gasteiger partial charge in [-0.25, -0.2) is 0 Å². The molecule has 1 amide bonds. The second-order valence-corrected chi connectivity index (χ2v) is 10.4. The molecule has 184 valence electrons. The topological polar surface area (TPSA) is 150 Å². The van der Waals surface area contributed by atoms with Gasteiger partial charge in [0.25, 0.3) is 15.6 Å². The first-order valence-corrected chi connectivity index (χ1v) is 13.1. The van der Waals surface area contributed by atoms with Crippen LogP contribution < -0.4 is 16.2 Å². The molecule has 0 unspecified atom stereocenters. The highest BCUT2D eigenvalue weighted by Gasteiger charge is 2.33. The van der Waals surface area contributed by atoms with Gasteiger partial charge in [0.2, 0.25) is 5.91 Å². The van der Waals surface area contributed by atoms with Crippen LogP contribution in [0.25, 0.3) is 10.9 Å². The third-order valence-corrected chi connectivity index (χ3v) is 8.18. The molecule has 2 aromatic heterocycles. The van der Waals surface area contributed by atoms with E-state index in [0.29, 0.717) is 10.9 Å². The van der Waals surface area contributed by atoms with E-state index in [4.69, 9.17) is 5.11 Å². The number of fused-ring (bicyclic) bond motifs is 2. The highest BCUT2D eigenvalue weighted by Crippen LogP contribution is 2.38. The monoisotopic (exact) mass is 524 g/mol. The molecule has 2 aromatic carbocycles. The van der Waals surface area contributed by atoms with E-state index in [1.165, 1.54) is 4.57 Å². The Morgan fingerprint density at radius 3 is 2.58 bits per heavy atom. The summed E-state index contributed by atoms with van der Waals surface area (Å²) in [6, 6.07) is 16.1. The average molecular weight is 525 g/mol. The van der Waals surface area contributed by atoms with Crippen molar-refractivity contribution in [1.29, 1.82) is 0 Å². The summed E-state index contributed by atoms with van der Waals surface area (Å²) in [5, 5.41) is 27.4. The van der Waals surface area contributed by atoms with Crippen molar-refractivity contribution >= 4 is 49.0 Å². The summed E-state index contributed by atoms with van der Waals surface area (Å²) in [5.41, 5.74) is 0.763. The van der Waals surface area contributed by atoms with Crippen molar-refractivity contribution in [2.45, 2.75) is 18.0 Å². The van der Waals surface area contributed by atoms with E-state index in [2.05, 4.69) is 15.0 Å². The number of aliphatic hydroxyl groups excluding tert-OH is 1. The summed E-state index contributed by atoms with van der Waals surface area (Å²) in [6.07, 6.45) is 0. The number of carbonyl (C=O) groups excluding carboxylic acids is 1. The van der Waals surface area contributed by atoms with Crippen molar-refractivity contribution < 1.29 is 23.4 Å².